The Labute approximate surface area is 203 Å². The normalized spacial score (nSPS) is 21.1. The van der Waals surface area contributed by atoms with Crippen LogP contribution in [0.3, 0.4) is 0 Å². The Morgan fingerprint density at radius 3 is 2.71 bits per heavy atom. The third-order valence-corrected chi connectivity index (χ3v) is 7.86. The van der Waals surface area contributed by atoms with E-state index in [4.69, 9.17) is 4.74 Å². The first kappa shape index (κ1) is 26.2. The molecular formula is C26H35N3O4S. The van der Waals surface area contributed by atoms with Crippen molar-refractivity contribution >= 4 is 10.0 Å². The van der Waals surface area contributed by atoms with E-state index >= 15 is 0 Å². The molecule has 3 rings (SSSR count). The van der Waals surface area contributed by atoms with Crippen LogP contribution in [-0.4, -0.2) is 66.6 Å². The minimum atomic E-state index is -3.86. The van der Waals surface area contributed by atoms with Crippen LogP contribution in [0.5, 0.6) is 5.75 Å². The van der Waals surface area contributed by atoms with E-state index in [1.807, 2.05) is 46.1 Å². The number of pyridine rings is 1. The average molecular weight is 486 g/mol. The molecule has 0 aliphatic carbocycles. The highest BCUT2D eigenvalue weighted by molar-refractivity contribution is 7.89. The summed E-state index contributed by atoms with van der Waals surface area (Å²) in [6, 6.07) is 8.39. The van der Waals surface area contributed by atoms with Crippen LogP contribution in [0.25, 0.3) is 0 Å². The van der Waals surface area contributed by atoms with Crippen molar-refractivity contribution in [3.8, 4) is 17.6 Å². The van der Waals surface area contributed by atoms with E-state index in [9.17, 15) is 13.5 Å². The minimum absolute atomic E-state index is 0.106. The Hall–Kier alpha value is -2.44. The van der Waals surface area contributed by atoms with Gasteiger partial charge in [-0.15, -0.1) is 0 Å². The fraction of sp³-hybridized carbons (Fsp3) is 0.500. The molecule has 1 aromatic carbocycles. The number of benzene rings is 1. The summed E-state index contributed by atoms with van der Waals surface area (Å²) >= 11 is 0. The highest BCUT2D eigenvalue weighted by Crippen LogP contribution is 2.34. The molecule has 2 aromatic rings. The lowest BCUT2D eigenvalue weighted by atomic mass is 10.0. The summed E-state index contributed by atoms with van der Waals surface area (Å²) in [5.74, 6) is 6.61. The fourth-order valence-electron chi connectivity index (χ4n) is 3.92. The summed E-state index contributed by atoms with van der Waals surface area (Å²) < 4.78 is 34.9. The summed E-state index contributed by atoms with van der Waals surface area (Å²) in [5.41, 5.74) is 1.80. The molecule has 34 heavy (non-hydrogen) atoms. The van der Waals surface area contributed by atoms with Crippen molar-refractivity contribution in [2.75, 3.05) is 26.7 Å². The number of aliphatic hydroxyl groups excluding tert-OH is 1. The van der Waals surface area contributed by atoms with Crippen LogP contribution < -0.4 is 4.74 Å². The van der Waals surface area contributed by atoms with Gasteiger partial charge in [0.05, 0.1) is 6.61 Å². The van der Waals surface area contributed by atoms with Crippen molar-refractivity contribution in [2.24, 2.45) is 11.8 Å². The Kier molecular flexibility index (Phi) is 8.72. The van der Waals surface area contributed by atoms with Gasteiger partial charge in [0.15, 0.2) is 0 Å². The summed E-state index contributed by atoms with van der Waals surface area (Å²) in [5, 5.41) is 9.79. The third-order valence-electron chi connectivity index (χ3n) is 5.84. The molecule has 0 amide bonds. The van der Waals surface area contributed by atoms with Gasteiger partial charge in [-0.05, 0) is 43.8 Å². The average Bonchev–Trinajstić information content (AvgIpc) is 2.80. The first-order valence-electron chi connectivity index (χ1n) is 11.6. The van der Waals surface area contributed by atoms with Crippen LogP contribution in [-0.2, 0) is 16.6 Å². The van der Waals surface area contributed by atoms with Crippen LogP contribution in [0.2, 0.25) is 0 Å². The lowest BCUT2D eigenvalue weighted by Gasteiger charge is -2.37. The summed E-state index contributed by atoms with van der Waals surface area (Å²) in [6.07, 6.45) is 3.32. The van der Waals surface area contributed by atoms with Crippen LogP contribution >= 0.6 is 0 Å². The van der Waals surface area contributed by atoms with E-state index in [0.29, 0.717) is 24.4 Å². The van der Waals surface area contributed by atoms with Crippen molar-refractivity contribution < 1.29 is 18.3 Å². The van der Waals surface area contributed by atoms with E-state index in [1.54, 1.807) is 31.3 Å². The lowest BCUT2D eigenvalue weighted by molar-refractivity contribution is 0.0733. The van der Waals surface area contributed by atoms with E-state index in [2.05, 4.69) is 21.7 Å². The molecule has 0 saturated carbocycles. The predicted molar refractivity (Wildman–Crippen MR) is 133 cm³/mol. The number of fused-ring (bicyclic) bond motifs is 1. The van der Waals surface area contributed by atoms with Crippen LogP contribution in [0.15, 0.2) is 47.6 Å². The maximum atomic E-state index is 13.6. The largest absolute Gasteiger partial charge is 0.487 e. The van der Waals surface area contributed by atoms with Crippen molar-refractivity contribution in [3.05, 3.63) is 53.9 Å². The third kappa shape index (κ3) is 6.36. The number of aliphatic hydroxyl groups is 1. The van der Waals surface area contributed by atoms with Crippen molar-refractivity contribution in [1.82, 2.24) is 14.2 Å². The number of ether oxygens (including phenoxy) is 1. The molecule has 184 valence electrons. The summed E-state index contributed by atoms with van der Waals surface area (Å²) in [7, 11) is -1.85. The molecule has 8 heteroatoms. The highest BCUT2D eigenvalue weighted by atomic mass is 32.2. The first-order chi connectivity index (χ1) is 16.1. The second-order valence-corrected chi connectivity index (χ2v) is 11.2. The van der Waals surface area contributed by atoms with E-state index in [0.717, 1.165) is 5.56 Å². The second-order valence-electron chi connectivity index (χ2n) is 9.38. The number of likely N-dealkylation sites (N-methyl/N-ethyl adjacent to an activating group) is 1. The zero-order valence-corrected chi connectivity index (χ0v) is 21.4. The van der Waals surface area contributed by atoms with Gasteiger partial charge in [0.1, 0.15) is 16.7 Å². The van der Waals surface area contributed by atoms with Gasteiger partial charge in [-0.3, -0.25) is 9.88 Å². The maximum absolute atomic E-state index is 13.6. The molecule has 2 heterocycles. The van der Waals surface area contributed by atoms with Gasteiger partial charge in [-0.2, -0.15) is 4.31 Å². The number of sulfonamides is 1. The van der Waals surface area contributed by atoms with Gasteiger partial charge >= 0.3 is 0 Å². The molecule has 1 aliphatic heterocycles. The molecule has 0 saturated heterocycles. The maximum Gasteiger partial charge on any atom is 0.247 e. The zero-order chi connectivity index (χ0) is 24.9. The summed E-state index contributed by atoms with van der Waals surface area (Å²) in [6.45, 7) is 9.01. The number of rotatable bonds is 6. The van der Waals surface area contributed by atoms with Crippen molar-refractivity contribution in [3.63, 3.8) is 0 Å². The number of nitrogens with zero attached hydrogens (tertiary/aromatic N) is 3. The van der Waals surface area contributed by atoms with Crippen LogP contribution in [0.1, 0.15) is 38.8 Å². The Balaban J connectivity index is 1.99. The molecule has 0 unspecified atom stereocenters. The predicted octanol–water partition coefficient (Wildman–Crippen LogP) is 2.99. The Bertz CT molecular complexity index is 1130. The van der Waals surface area contributed by atoms with Gasteiger partial charge < -0.3 is 9.84 Å². The first-order valence-corrected chi connectivity index (χ1v) is 13.1. The SMILES string of the molecule is CC(C)C#Cc1ccc2c(c1)O[C@H](CN(C)Cc1cccnc1)[C@H](C)CN([C@@H](C)CO)S2(=O)=O. The van der Waals surface area contributed by atoms with Gasteiger partial charge in [-0.25, -0.2) is 8.42 Å². The smallest absolute Gasteiger partial charge is 0.247 e. The Morgan fingerprint density at radius 2 is 2.06 bits per heavy atom. The molecule has 1 aromatic heterocycles. The van der Waals surface area contributed by atoms with Gasteiger partial charge in [0, 0.05) is 55.5 Å². The van der Waals surface area contributed by atoms with Crippen LogP contribution in [0, 0.1) is 23.7 Å². The fourth-order valence-corrected chi connectivity index (χ4v) is 5.75. The monoisotopic (exact) mass is 485 g/mol. The lowest BCUT2D eigenvalue weighted by Crippen LogP contribution is -2.49. The number of hydrogen-bond donors (Lipinski definition) is 1. The number of hydrogen-bond acceptors (Lipinski definition) is 6. The van der Waals surface area contributed by atoms with E-state index in [-0.39, 0.29) is 36.0 Å². The molecule has 1 N–H and O–H groups in total. The minimum Gasteiger partial charge on any atom is -0.487 e. The quantitative estimate of drug-likeness (QED) is 0.634. The molecule has 3 atom stereocenters. The molecule has 0 fully saturated rings. The molecule has 0 spiro atoms. The van der Waals surface area contributed by atoms with Crippen molar-refractivity contribution in [2.45, 2.75) is 51.3 Å². The van der Waals surface area contributed by atoms with Gasteiger partial charge in [0.2, 0.25) is 10.0 Å². The molecule has 0 bridgehead atoms. The highest BCUT2D eigenvalue weighted by Gasteiger charge is 2.38. The molecule has 7 nitrogen and oxygen atoms in total. The van der Waals surface area contributed by atoms with E-state index < -0.39 is 16.1 Å². The topological polar surface area (TPSA) is 83.0 Å². The molecular weight excluding hydrogens is 450 g/mol. The number of aromatic nitrogens is 1. The van der Waals surface area contributed by atoms with E-state index in [1.165, 1.54) is 4.31 Å². The van der Waals surface area contributed by atoms with Gasteiger partial charge in [0.25, 0.3) is 0 Å². The standard InChI is InChI=1S/C26H35N3O4S/c1-19(2)8-9-22-10-11-26-24(13-22)33-25(17-28(5)16-23-7-6-12-27-14-23)20(3)15-29(21(4)18-30)34(26,31)32/h6-7,10-14,19-21,25,30H,15-18H2,1-5H3/t20-,21+,25-/m1/s1. The second kappa shape index (κ2) is 11.3. The zero-order valence-electron chi connectivity index (χ0n) is 20.6. The summed E-state index contributed by atoms with van der Waals surface area (Å²) in [4.78, 5) is 6.44. The molecule has 0 radical (unpaired) electrons. The molecule has 1 aliphatic rings. The van der Waals surface area contributed by atoms with Crippen LogP contribution in [0.4, 0.5) is 0 Å². The van der Waals surface area contributed by atoms with Crippen molar-refractivity contribution in [1.29, 1.82) is 0 Å². The Morgan fingerprint density at radius 1 is 1.29 bits per heavy atom. The van der Waals surface area contributed by atoms with Gasteiger partial charge in [-0.1, -0.05) is 38.7 Å².